The number of carbonyl (C=O) groups excluding carboxylic acids is 2. The first kappa shape index (κ1) is 13.8. The SMILES string of the molecule is O=C1c2ccccc2C(=O)N1CC1CC1c1cccc2nnsc12. The van der Waals surface area contributed by atoms with E-state index in [0.29, 0.717) is 29.5 Å². The van der Waals surface area contributed by atoms with Gasteiger partial charge in [-0.25, -0.2) is 0 Å². The average molecular weight is 335 g/mol. The predicted octanol–water partition coefficient (Wildman–Crippen LogP) is 3.09. The molecule has 1 aromatic heterocycles. The summed E-state index contributed by atoms with van der Waals surface area (Å²) < 4.78 is 5.14. The predicted molar refractivity (Wildman–Crippen MR) is 90.1 cm³/mol. The van der Waals surface area contributed by atoms with Gasteiger partial charge >= 0.3 is 0 Å². The number of aromatic nitrogens is 2. The lowest BCUT2D eigenvalue weighted by atomic mass is 10.1. The highest BCUT2D eigenvalue weighted by Crippen LogP contribution is 2.50. The quantitative estimate of drug-likeness (QED) is 0.690. The summed E-state index contributed by atoms with van der Waals surface area (Å²) in [5, 5.41) is 4.12. The van der Waals surface area contributed by atoms with Crippen LogP contribution in [-0.2, 0) is 0 Å². The van der Waals surface area contributed by atoms with Crippen molar-refractivity contribution in [3.63, 3.8) is 0 Å². The van der Waals surface area contributed by atoms with Gasteiger partial charge in [0.1, 0.15) is 5.52 Å². The maximum Gasteiger partial charge on any atom is 0.261 e. The Morgan fingerprint density at radius 1 is 1.04 bits per heavy atom. The van der Waals surface area contributed by atoms with Gasteiger partial charge in [0.05, 0.1) is 15.8 Å². The van der Waals surface area contributed by atoms with E-state index in [1.807, 2.05) is 12.1 Å². The van der Waals surface area contributed by atoms with E-state index in [4.69, 9.17) is 0 Å². The minimum Gasteiger partial charge on any atom is -0.274 e. The molecule has 0 bridgehead atoms. The maximum absolute atomic E-state index is 12.5. The summed E-state index contributed by atoms with van der Waals surface area (Å²) >= 11 is 1.41. The molecule has 0 radical (unpaired) electrons. The molecule has 6 heteroatoms. The van der Waals surface area contributed by atoms with Gasteiger partial charge in [-0.2, -0.15) is 0 Å². The van der Waals surface area contributed by atoms with Crippen LogP contribution >= 0.6 is 11.5 Å². The molecule has 2 aromatic carbocycles. The van der Waals surface area contributed by atoms with Crippen molar-refractivity contribution in [2.24, 2.45) is 5.92 Å². The maximum atomic E-state index is 12.5. The zero-order valence-electron chi connectivity index (χ0n) is 12.7. The van der Waals surface area contributed by atoms with E-state index in [2.05, 4.69) is 15.7 Å². The Morgan fingerprint density at radius 2 is 1.79 bits per heavy atom. The van der Waals surface area contributed by atoms with Crippen LogP contribution in [0.15, 0.2) is 42.5 Å². The molecule has 1 saturated carbocycles. The molecule has 2 heterocycles. The molecule has 1 aliphatic carbocycles. The van der Waals surface area contributed by atoms with Crippen molar-refractivity contribution in [3.8, 4) is 0 Å². The van der Waals surface area contributed by atoms with Gasteiger partial charge in [0, 0.05) is 6.54 Å². The number of imide groups is 1. The smallest absolute Gasteiger partial charge is 0.261 e. The van der Waals surface area contributed by atoms with Gasteiger partial charge in [-0.3, -0.25) is 14.5 Å². The van der Waals surface area contributed by atoms with Crippen molar-refractivity contribution >= 4 is 33.6 Å². The minimum atomic E-state index is -0.168. The van der Waals surface area contributed by atoms with Crippen LogP contribution in [0.5, 0.6) is 0 Å². The lowest BCUT2D eigenvalue weighted by molar-refractivity contribution is 0.0646. The fourth-order valence-corrected chi connectivity index (χ4v) is 4.32. The van der Waals surface area contributed by atoms with E-state index in [1.54, 1.807) is 24.3 Å². The third-order valence-electron chi connectivity index (χ3n) is 4.92. The Kier molecular flexibility index (Phi) is 2.84. The number of hydrogen-bond donors (Lipinski definition) is 0. The summed E-state index contributed by atoms with van der Waals surface area (Å²) in [5.74, 6) is 0.359. The fourth-order valence-electron chi connectivity index (χ4n) is 3.59. The van der Waals surface area contributed by atoms with Crippen molar-refractivity contribution in [1.82, 2.24) is 14.5 Å². The van der Waals surface area contributed by atoms with Crippen LogP contribution in [0.25, 0.3) is 10.2 Å². The molecule has 3 aromatic rings. The van der Waals surface area contributed by atoms with Gasteiger partial charge in [-0.15, -0.1) is 5.10 Å². The van der Waals surface area contributed by atoms with Gasteiger partial charge in [-0.05, 0) is 53.6 Å². The summed E-state index contributed by atoms with van der Waals surface area (Å²) in [7, 11) is 0. The van der Waals surface area contributed by atoms with Crippen LogP contribution in [0.1, 0.15) is 38.6 Å². The summed E-state index contributed by atoms with van der Waals surface area (Å²) in [5.41, 5.74) is 3.20. The molecule has 2 atom stereocenters. The van der Waals surface area contributed by atoms with E-state index in [-0.39, 0.29) is 11.8 Å². The molecule has 5 nitrogen and oxygen atoms in total. The molecular formula is C18H13N3O2S. The molecule has 0 N–H and O–H groups in total. The minimum absolute atomic E-state index is 0.168. The molecule has 118 valence electrons. The van der Waals surface area contributed by atoms with Crippen molar-refractivity contribution in [1.29, 1.82) is 0 Å². The van der Waals surface area contributed by atoms with Crippen molar-refractivity contribution in [2.45, 2.75) is 12.3 Å². The Hall–Kier alpha value is -2.60. The lowest BCUT2D eigenvalue weighted by Gasteiger charge is -2.13. The standard InChI is InChI=1S/C18H13N3O2S/c22-17-12-4-1-2-5-13(12)18(23)21(17)9-10-8-14(10)11-6-3-7-15-16(11)24-20-19-15/h1-7,10,14H,8-9H2. The second-order valence-corrected chi connectivity index (χ2v) is 7.09. The molecule has 1 aliphatic heterocycles. The van der Waals surface area contributed by atoms with Gasteiger partial charge < -0.3 is 0 Å². The molecule has 0 spiro atoms. The first-order valence-electron chi connectivity index (χ1n) is 7.90. The van der Waals surface area contributed by atoms with Crippen molar-refractivity contribution in [3.05, 3.63) is 59.2 Å². The summed E-state index contributed by atoms with van der Waals surface area (Å²) in [4.78, 5) is 26.3. The van der Waals surface area contributed by atoms with E-state index < -0.39 is 0 Å². The highest BCUT2D eigenvalue weighted by Gasteiger charge is 2.45. The van der Waals surface area contributed by atoms with Crippen LogP contribution in [0.4, 0.5) is 0 Å². The first-order valence-corrected chi connectivity index (χ1v) is 8.67. The summed E-state index contributed by atoms with van der Waals surface area (Å²) in [6.07, 6.45) is 0.990. The van der Waals surface area contributed by atoms with Gasteiger partial charge in [-0.1, -0.05) is 28.8 Å². The van der Waals surface area contributed by atoms with Crippen molar-refractivity contribution in [2.75, 3.05) is 6.54 Å². The Labute approximate surface area is 142 Å². The van der Waals surface area contributed by atoms with Gasteiger partial charge in [0.25, 0.3) is 11.8 Å². The van der Waals surface area contributed by atoms with Crippen LogP contribution in [0.2, 0.25) is 0 Å². The zero-order chi connectivity index (χ0) is 16.3. The number of benzene rings is 2. The van der Waals surface area contributed by atoms with E-state index in [0.717, 1.165) is 16.6 Å². The first-order chi connectivity index (χ1) is 11.7. The number of amides is 2. The Morgan fingerprint density at radius 3 is 2.54 bits per heavy atom. The van der Waals surface area contributed by atoms with Gasteiger partial charge in [0.2, 0.25) is 0 Å². The largest absolute Gasteiger partial charge is 0.274 e. The normalized spacial score (nSPS) is 22.2. The fraction of sp³-hybridized carbons (Fsp3) is 0.222. The summed E-state index contributed by atoms with van der Waals surface area (Å²) in [6, 6.07) is 13.1. The second-order valence-electron chi connectivity index (χ2n) is 6.34. The van der Waals surface area contributed by atoms with E-state index in [1.165, 1.54) is 22.0 Å². The lowest BCUT2D eigenvalue weighted by Crippen LogP contribution is -2.31. The molecule has 0 saturated heterocycles. The molecule has 24 heavy (non-hydrogen) atoms. The highest BCUT2D eigenvalue weighted by molar-refractivity contribution is 7.13. The Balaban J connectivity index is 1.39. The highest BCUT2D eigenvalue weighted by atomic mass is 32.1. The number of rotatable bonds is 3. The molecule has 1 fully saturated rings. The average Bonchev–Trinajstić information content (AvgIpc) is 3.12. The van der Waals surface area contributed by atoms with Crippen LogP contribution in [-0.4, -0.2) is 32.8 Å². The second kappa shape index (κ2) is 4.95. The molecule has 5 rings (SSSR count). The third kappa shape index (κ3) is 1.93. The topological polar surface area (TPSA) is 63.2 Å². The van der Waals surface area contributed by atoms with Crippen LogP contribution in [0, 0.1) is 5.92 Å². The monoisotopic (exact) mass is 335 g/mol. The summed E-state index contributed by atoms with van der Waals surface area (Å²) in [6.45, 7) is 0.486. The van der Waals surface area contributed by atoms with E-state index in [9.17, 15) is 9.59 Å². The molecule has 2 aliphatic rings. The number of carbonyl (C=O) groups is 2. The number of fused-ring (bicyclic) bond motifs is 2. The number of nitrogens with zero attached hydrogens (tertiary/aromatic N) is 3. The van der Waals surface area contributed by atoms with Gasteiger partial charge in [0.15, 0.2) is 0 Å². The molecule has 2 unspecified atom stereocenters. The van der Waals surface area contributed by atoms with E-state index >= 15 is 0 Å². The van der Waals surface area contributed by atoms with Crippen LogP contribution < -0.4 is 0 Å². The molecule has 2 amide bonds. The van der Waals surface area contributed by atoms with Crippen molar-refractivity contribution < 1.29 is 9.59 Å². The van der Waals surface area contributed by atoms with Crippen LogP contribution in [0.3, 0.4) is 0 Å². The molecular weight excluding hydrogens is 322 g/mol. The number of hydrogen-bond acceptors (Lipinski definition) is 5. The Bertz CT molecular complexity index is 962. The third-order valence-corrected chi connectivity index (χ3v) is 5.71. The zero-order valence-corrected chi connectivity index (χ0v) is 13.5.